The van der Waals surface area contributed by atoms with Gasteiger partial charge in [0.25, 0.3) is 11.8 Å². The van der Waals surface area contributed by atoms with E-state index in [0.717, 1.165) is 22.1 Å². The van der Waals surface area contributed by atoms with Crippen molar-refractivity contribution in [1.82, 2.24) is 54.7 Å². The zero-order valence-corrected chi connectivity index (χ0v) is 37.4. The number of pyridine rings is 2. The van der Waals surface area contributed by atoms with Gasteiger partial charge in [-0.3, -0.25) is 24.5 Å². The van der Waals surface area contributed by atoms with Crippen molar-refractivity contribution in [1.29, 1.82) is 5.26 Å². The van der Waals surface area contributed by atoms with Crippen LogP contribution < -0.4 is 10.6 Å². The van der Waals surface area contributed by atoms with Crippen molar-refractivity contribution in [3.8, 4) is 17.5 Å². The van der Waals surface area contributed by atoms with Crippen LogP contribution in [0.25, 0.3) is 11.4 Å². The van der Waals surface area contributed by atoms with Crippen LogP contribution in [0.4, 0.5) is 30.7 Å². The average Bonchev–Trinajstić information content (AvgIpc) is 4.15. The molecule has 0 spiro atoms. The van der Waals surface area contributed by atoms with E-state index in [9.17, 15) is 23.6 Å². The number of hydrogen-bond acceptors (Lipinski definition) is 15. The number of nitrogens with one attached hydrogen (secondary N) is 3. The van der Waals surface area contributed by atoms with E-state index in [1.165, 1.54) is 53.3 Å². The van der Waals surface area contributed by atoms with Crippen LogP contribution in [0.1, 0.15) is 37.7 Å². The van der Waals surface area contributed by atoms with Gasteiger partial charge in [0.05, 0.1) is 44.2 Å². The number of piperazine rings is 2. The number of carbonyl (C=O) groups excluding carboxylic acids is 2. The molecule has 9 rings (SSSR count). The number of halogens is 4. The molecule has 0 saturated carbocycles. The summed E-state index contributed by atoms with van der Waals surface area (Å²) in [6.07, 6.45) is 4.88. The van der Waals surface area contributed by atoms with E-state index in [1.54, 1.807) is 46.5 Å². The Morgan fingerprint density at radius 1 is 0.708 bits per heavy atom. The molecule has 0 radical (unpaired) electrons. The maximum Gasteiger partial charge on any atom is 0.256 e. The third-order valence-corrected chi connectivity index (χ3v) is 12.3. The average molecular weight is 956 g/mol. The predicted octanol–water partition coefficient (Wildman–Crippen LogP) is 7.72. The van der Waals surface area contributed by atoms with E-state index < -0.39 is 11.6 Å². The molecular formula is C43H38Cl2F2N14O2S2. The fraction of sp³-hybridized carbons (Fsp3) is 0.233. The molecule has 22 heteroatoms. The summed E-state index contributed by atoms with van der Waals surface area (Å²) in [7, 11) is 0. The number of H-pyrrole nitrogens is 1. The largest absolute Gasteiger partial charge is 0.336 e. The smallest absolute Gasteiger partial charge is 0.256 e. The molecule has 0 atom stereocenters. The van der Waals surface area contributed by atoms with Crippen molar-refractivity contribution >= 4 is 79.6 Å². The first-order valence-corrected chi connectivity index (χ1v) is 22.6. The molecule has 5 aromatic heterocycles. The molecule has 3 N–H and O–H groups in total. The molecule has 7 heterocycles. The van der Waals surface area contributed by atoms with Crippen LogP contribution in [0.3, 0.4) is 0 Å². The molecule has 0 aliphatic carbocycles. The van der Waals surface area contributed by atoms with Gasteiger partial charge in [0.15, 0.2) is 27.7 Å². The predicted molar refractivity (Wildman–Crippen MR) is 245 cm³/mol. The Kier molecular flexibility index (Phi) is 14.6. The van der Waals surface area contributed by atoms with Gasteiger partial charge in [-0.1, -0.05) is 35.3 Å². The number of anilines is 4. The van der Waals surface area contributed by atoms with E-state index in [2.05, 4.69) is 56.6 Å². The van der Waals surface area contributed by atoms with Gasteiger partial charge < -0.3 is 20.4 Å². The lowest BCUT2D eigenvalue weighted by Gasteiger charge is -2.34. The number of aromatic nitrogens is 7. The van der Waals surface area contributed by atoms with Gasteiger partial charge in [0, 0.05) is 94.2 Å². The number of carbonyl (C=O) groups is 2. The Bertz CT molecular complexity index is 2780. The molecule has 2 amide bonds. The van der Waals surface area contributed by atoms with Gasteiger partial charge in [-0.05, 0) is 48.5 Å². The Balaban J connectivity index is 0.000000178. The summed E-state index contributed by atoms with van der Waals surface area (Å²) >= 11 is 14.6. The molecule has 2 saturated heterocycles. The minimum Gasteiger partial charge on any atom is -0.336 e. The maximum absolute atomic E-state index is 14.3. The zero-order valence-electron chi connectivity index (χ0n) is 34.3. The molecule has 7 aromatic rings. The fourth-order valence-corrected chi connectivity index (χ4v) is 8.58. The molecule has 2 aliphatic heterocycles. The highest BCUT2D eigenvalue weighted by atomic mass is 35.5. The number of nitriles is 1. The Morgan fingerprint density at radius 3 is 1.68 bits per heavy atom. The molecule has 2 fully saturated rings. The molecule has 0 unspecified atom stereocenters. The van der Waals surface area contributed by atoms with E-state index in [0.29, 0.717) is 93.6 Å². The second kappa shape index (κ2) is 21.0. The summed E-state index contributed by atoms with van der Waals surface area (Å²) in [6.45, 7) is 5.52. The highest BCUT2D eigenvalue weighted by molar-refractivity contribution is 7.13. The van der Waals surface area contributed by atoms with E-state index in [4.69, 9.17) is 28.2 Å². The van der Waals surface area contributed by atoms with Crippen LogP contribution in [-0.2, 0) is 13.1 Å². The maximum atomic E-state index is 14.3. The summed E-state index contributed by atoms with van der Waals surface area (Å²) < 4.78 is 28.5. The van der Waals surface area contributed by atoms with Crippen LogP contribution in [0.15, 0.2) is 90.1 Å². The van der Waals surface area contributed by atoms with Crippen LogP contribution in [0.5, 0.6) is 0 Å². The number of amides is 2. The summed E-state index contributed by atoms with van der Waals surface area (Å²) in [6, 6.07) is 18.4. The van der Waals surface area contributed by atoms with Crippen molar-refractivity contribution in [2.75, 3.05) is 63.0 Å². The van der Waals surface area contributed by atoms with Crippen molar-refractivity contribution < 1.29 is 18.4 Å². The van der Waals surface area contributed by atoms with Gasteiger partial charge in [-0.25, -0.2) is 33.7 Å². The highest BCUT2D eigenvalue weighted by Gasteiger charge is 2.27. The first-order valence-electron chi connectivity index (χ1n) is 20.1. The van der Waals surface area contributed by atoms with Gasteiger partial charge in [-0.15, -0.1) is 22.7 Å². The summed E-state index contributed by atoms with van der Waals surface area (Å²) in [5, 5.41) is 27.6. The summed E-state index contributed by atoms with van der Waals surface area (Å²) in [4.78, 5) is 55.1. The Labute approximate surface area is 389 Å². The van der Waals surface area contributed by atoms with Crippen LogP contribution >= 0.6 is 45.9 Å². The number of aromatic amines is 1. The Hall–Kier alpha value is -6.47. The van der Waals surface area contributed by atoms with Crippen molar-refractivity contribution in [2.45, 2.75) is 13.1 Å². The van der Waals surface area contributed by atoms with Gasteiger partial charge in [0.2, 0.25) is 0 Å². The second-order valence-electron chi connectivity index (χ2n) is 14.7. The topological polar surface area (TPSA) is 188 Å². The second-order valence-corrected chi connectivity index (χ2v) is 17.3. The third-order valence-electron chi connectivity index (χ3n) is 10.4. The van der Waals surface area contributed by atoms with Crippen molar-refractivity contribution in [3.63, 3.8) is 0 Å². The number of benzene rings is 2. The zero-order chi connectivity index (χ0) is 45.3. The summed E-state index contributed by atoms with van der Waals surface area (Å²) in [5.74, 6) is -0.206. The quantitative estimate of drug-likeness (QED) is 0.114. The lowest BCUT2D eigenvalue weighted by molar-refractivity contribution is 0.0615. The molecule has 0 bridgehead atoms. The van der Waals surface area contributed by atoms with Crippen molar-refractivity contribution in [2.24, 2.45) is 0 Å². The van der Waals surface area contributed by atoms with Gasteiger partial charge in [-0.2, -0.15) is 10.4 Å². The Morgan fingerprint density at radius 2 is 1.22 bits per heavy atom. The number of rotatable bonds is 11. The lowest BCUT2D eigenvalue weighted by Crippen LogP contribution is -2.48. The highest BCUT2D eigenvalue weighted by Crippen LogP contribution is 2.26. The van der Waals surface area contributed by atoms with Crippen LogP contribution in [-0.4, -0.2) is 119 Å². The van der Waals surface area contributed by atoms with Crippen molar-refractivity contribution in [3.05, 3.63) is 140 Å². The minimum atomic E-state index is -0.686. The normalized spacial score (nSPS) is 14.3. The standard InChI is InChI=1S/C22H20ClFN8OS.C21H18ClFN6OS/c23-17-3-1-2-16(19(17)24)21(33)32-7-5-31(6-8-32)12-15-10-14(20-26-13-27-30-20)11-18(28-15)29-22-25-4-9-34-22;22-17-3-1-2-16(19(17)23)20(30)29-7-5-28(6-8-29)13-15-10-14(12-24)11-18(26-15)27-21-25-4-9-31-21/h1-4,9-11,13H,5-8,12H2,(H,25,28,29)(H,26,27,30);1-4,9-11H,5-8,13H2,(H,25,26,27). The fourth-order valence-electron chi connectivity index (χ4n) is 7.16. The van der Waals surface area contributed by atoms with E-state index >= 15 is 0 Å². The first-order chi connectivity index (χ1) is 31.6. The molecule has 16 nitrogen and oxygen atoms in total. The molecule has 332 valence electrons. The molecule has 2 aromatic carbocycles. The number of hydrogen-bond donors (Lipinski definition) is 3. The number of nitrogens with zero attached hydrogens (tertiary/aromatic N) is 11. The monoisotopic (exact) mass is 954 g/mol. The first kappa shape index (κ1) is 45.1. The van der Waals surface area contributed by atoms with Crippen LogP contribution in [0.2, 0.25) is 10.0 Å². The van der Waals surface area contributed by atoms with Crippen LogP contribution in [0, 0.1) is 23.0 Å². The summed E-state index contributed by atoms with van der Waals surface area (Å²) in [5.41, 5.74) is 2.94. The van der Waals surface area contributed by atoms with Gasteiger partial charge >= 0.3 is 0 Å². The molecule has 2 aliphatic rings. The molecule has 65 heavy (non-hydrogen) atoms. The lowest BCUT2D eigenvalue weighted by atomic mass is 10.1. The third kappa shape index (κ3) is 11.4. The minimum absolute atomic E-state index is 0.000257. The SMILES string of the molecule is N#Cc1cc(CN2CCN(C(=O)c3cccc(Cl)c3F)CC2)nc(Nc2nccs2)c1.O=C(c1cccc(Cl)c1F)N1CCN(Cc2cc(-c3ncn[nH]3)cc(Nc3nccs3)n2)CC1. The molecular weight excluding hydrogens is 918 g/mol. The number of thiazole rings is 2. The van der Waals surface area contributed by atoms with E-state index in [1.807, 2.05) is 22.9 Å². The van der Waals surface area contributed by atoms with E-state index in [-0.39, 0.29) is 33.0 Å². The van der Waals surface area contributed by atoms with Gasteiger partial charge in [0.1, 0.15) is 18.0 Å².